The maximum Gasteiger partial charge on any atom is 0.314 e. The molecule has 11 heteroatoms. The Labute approximate surface area is 152 Å². The number of hydrogen-bond donors (Lipinski definition) is 3. The number of rotatable bonds is 6. The SMILES string of the molecule is Cc1cc(Nc2nc(N[C@@H](C)c3ccc(F)cn3)c([N+](=O)[O-])cc2F)n[nH]1. The van der Waals surface area contributed by atoms with Crippen LogP contribution in [-0.4, -0.2) is 25.1 Å². The van der Waals surface area contributed by atoms with Crippen LogP contribution in [-0.2, 0) is 0 Å². The van der Waals surface area contributed by atoms with E-state index in [1.165, 1.54) is 12.1 Å². The van der Waals surface area contributed by atoms with Gasteiger partial charge in [-0.3, -0.25) is 20.2 Å². The van der Waals surface area contributed by atoms with Crippen LogP contribution in [0.15, 0.2) is 30.5 Å². The molecule has 0 fully saturated rings. The van der Waals surface area contributed by atoms with Crippen molar-refractivity contribution in [3.8, 4) is 0 Å². The number of halogens is 2. The van der Waals surface area contributed by atoms with E-state index in [0.717, 1.165) is 18.0 Å². The summed E-state index contributed by atoms with van der Waals surface area (Å²) in [6.45, 7) is 3.43. The highest BCUT2D eigenvalue weighted by Gasteiger charge is 2.23. The lowest BCUT2D eigenvalue weighted by molar-refractivity contribution is -0.384. The Morgan fingerprint density at radius 2 is 2.04 bits per heavy atom. The zero-order chi connectivity index (χ0) is 19.6. The summed E-state index contributed by atoms with van der Waals surface area (Å²) < 4.78 is 27.2. The van der Waals surface area contributed by atoms with Gasteiger partial charge in [0.1, 0.15) is 5.82 Å². The number of anilines is 3. The van der Waals surface area contributed by atoms with E-state index in [2.05, 4.69) is 30.8 Å². The molecule has 0 saturated carbocycles. The second-order valence-electron chi connectivity index (χ2n) is 5.77. The van der Waals surface area contributed by atoms with Gasteiger partial charge in [-0.2, -0.15) is 5.10 Å². The van der Waals surface area contributed by atoms with Gasteiger partial charge in [0, 0.05) is 11.8 Å². The van der Waals surface area contributed by atoms with Crippen LogP contribution < -0.4 is 10.6 Å². The molecule has 27 heavy (non-hydrogen) atoms. The van der Waals surface area contributed by atoms with Crippen molar-refractivity contribution < 1.29 is 13.7 Å². The topological polar surface area (TPSA) is 122 Å². The molecule has 0 bridgehead atoms. The van der Waals surface area contributed by atoms with Crippen LogP contribution in [0.25, 0.3) is 0 Å². The lowest BCUT2D eigenvalue weighted by Crippen LogP contribution is -2.13. The van der Waals surface area contributed by atoms with Gasteiger partial charge in [-0.05, 0) is 26.0 Å². The van der Waals surface area contributed by atoms with Crippen molar-refractivity contribution >= 4 is 23.1 Å². The molecule has 0 unspecified atom stereocenters. The molecule has 3 aromatic rings. The third-order valence-corrected chi connectivity index (χ3v) is 3.65. The third-order valence-electron chi connectivity index (χ3n) is 3.65. The van der Waals surface area contributed by atoms with E-state index in [1.54, 1.807) is 19.9 Å². The van der Waals surface area contributed by atoms with Gasteiger partial charge in [-0.15, -0.1) is 0 Å². The lowest BCUT2D eigenvalue weighted by atomic mass is 10.2. The largest absolute Gasteiger partial charge is 0.356 e. The minimum absolute atomic E-state index is 0.158. The number of nitro groups is 1. The van der Waals surface area contributed by atoms with Gasteiger partial charge in [0.05, 0.1) is 28.9 Å². The summed E-state index contributed by atoms with van der Waals surface area (Å²) in [5.41, 5.74) is 0.647. The van der Waals surface area contributed by atoms with E-state index >= 15 is 0 Å². The van der Waals surface area contributed by atoms with Crippen molar-refractivity contribution in [3.63, 3.8) is 0 Å². The van der Waals surface area contributed by atoms with Gasteiger partial charge in [0.25, 0.3) is 0 Å². The van der Waals surface area contributed by atoms with Crippen molar-refractivity contribution in [3.05, 3.63) is 63.6 Å². The highest BCUT2D eigenvalue weighted by Crippen LogP contribution is 2.30. The van der Waals surface area contributed by atoms with E-state index in [9.17, 15) is 18.9 Å². The molecule has 0 aliphatic heterocycles. The van der Waals surface area contributed by atoms with E-state index in [1.807, 2.05) is 0 Å². The van der Waals surface area contributed by atoms with Crippen LogP contribution in [0, 0.1) is 28.7 Å². The number of aromatic amines is 1. The smallest absolute Gasteiger partial charge is 0.314 e. The predicted octanol–water partition coefficient (Wildman–Crippen LogP) is 3.61. The van der Waals surface area contributed by atoms with Crippen molar-refractivity contribution in [2.24, 2.45) is 0 Å². The first-order chi connectivity index (χ1) is 12.8. The number of aryl methyl sites for hydroxylation is 1. The maximum atomic E-state index is 14.2. The quantitative estimate of drug-likeness (QED) is 0.444. The molecule has 140 valence electrons. The van der Waals surface area contributed by atoms with Gasteiger partial charge < -0.3 is 10.6 Å². The summed E-state index contributed by atoms with van der Waals surface area (Å²) in [6.07, 6.45) is 1.03. The van der Waals surface area contributed by atoms with E-state index in [0.29, 0.717) is 11.5 Å². The number of pyridine rings is 2. The van der Waals surface area contributed by atoms with Crippen LogP contribution in [0.2, 0.25) is 0 Å². The molecule has 0 amide bonds. The normalized spacial score (nSPS) is 11.9. The Hall–Kier alpha value is -3.63. The standard InChI is InChI=1S/C16H15F2N7O2/c1-8-5-14(24-23-8)21-15-11(18)6-13(25(26)27)16(22-15)20-9(2)12-4-3-10(17)7-19-12/h3-7,9H,1-2H3,(H3,20,21,22,23,24)/t9-/m0/s1. The van der Waals surface area contributed by atoms with Crippen LogP contribution in [0.3, 0.4) is 0 Å². The third kappa shape index (κ3) is 4.14. The van der Waals surface area contributed by atoms with Gasteiger partial charge in [-0.1, -0.05) is 0 Å². The lowest BCUT2D eigenvalue weighted by Gasteiger charge is -2.15. The maximum absolute atomic E-state index is 14.2. The monoisotopic (exact) mass is 375 g/mol. The number of nitrogens with zero attached hydrogens (tertiary/aromatic N) is 4. The molecule has 0 aliphatic rings. The Bertz CT molecular complexity index is 975. The fourth-order valence-electron chi connectivity index (χ4n) is 2.34. The fraction of sp³-hybridized carbons (Fsp3) is 0.188. The van der Waals surface area contributed by atoms with Gasteiger partial charge >= 0.3 is 5.69 Å². The number of hydrogen-bond acceptors (Lipinski definition) is 7. The van der Waals surface area contributed by atoms with Crippen molar-refractivity contribution in [2.45, 2.75) is 19.9 Å². The van der Waals surface area contributed by atoms with Gasteiger partial charge in [0.15, 0.2) is 17.5 Å². The summed E-state index contributed by atoms with van der Waals surface area (Å²) in [5.74, 6) is -1.48. The first-order valence-corrected chi connectivity index (χ1v) is 7.85. The molecule has 0 spiro atoms. The molecule has 3 rings (SSSR count). The van der Waals surface area contributed by atoms with Crippen LogP contribution in [0.1, 0.15) is 24.4 Å². The van der Waals surface area contributed by atoms with Crippen molar-refractivity contribution in [1.29, 1.82) is 0 Å². The average molecular weight is 375 g/mol. The fourth-order valence-corrected chi connectivity index (χ4v) is 2.34. The minimum Gasteiger partial charge on any atom is -0.356 e. The van der Waals surface area contributed by atoms with E-state index in [4.69, 9.17) is 0 Å². The highest BCUT2D eigenvalue weighted by atomic mass is 19.1. The zero-order valence-electron chi connectivity index (χ0n) is 14.3. The molecule has 0 radical (unpaired) electrons. The Morgan fingerprint density at radius 3 is 2.63 bits per heavy atom. The molecule has 0 saturated heterocycles. The summed E-state index contributed by atoms with van der Waals surface area (Å²) in [6, 6.07) is 4.51. The Morgan fingerprint density at radius 1 is 1.26 bits per heavy atom. The molecular weight excluding hydrogens is 360 g/mol. The van der Waals surface area contributed by atoms with Crippen LogP contribution >= 0.6 is 0 Å². The van der Waals surface area contributed by atoms with Crippen molar-refractivity contribution in [1.82, 2.24) is 20.2 Å². The molecule has 0 aliphatic carbocycles. The molecule has 0 aromatic carbocycles. The second-order valence-corrected chi connectivity index (χ2v) is 5.77. The summed E-state index contributed by atoms with van der Waals surface area (Å²) in [5, 5.41) is 23.3. The van der Waals surface area contributed by atoms with Gasteiger partial charge in [0.2, 0.25) is 5.82 Å². The Balaban J connectivity index is 1.92. The second kappa shape index (κ2) is 7.32. The average Bonchev–Trinajstić information content (AvgIpc) is 3.02. The van der Waals surface area contributed by atoms with Crippen molar-refractivity contribution in [2.75, 3.05) is 10.6 Å². The van der Waals surface area contributed by atoms with Crippen LogP contribution in [0.5, 0.6) is 0 Å². The number of aromatic nitrogens is 4. The molecule has 3 N–H and O–H groups in total. The molecular formula is C16H15F2N7O2. The first-order valence-electron chi connectivity index (χ1n) is 7.85. The highest BCUT2D eigenvalue weighted by molar-refractivity contribution is 5.64. The summed E-state index contributed by atoms with van der Waals surface area (Å²) >= 11 is 0. The first kappa shape index (κ1) is 18.2. The number of H-pyrrole nitrogens is 1. The predicted molar refractivity (Wildman–Crippen MR) is 93.7 cm³/mol. The van der Waals surface area contributed by atoms with E-state index < -0.39 is 28.3 Å². The zero-order valence-corrected chi connectivity index (χ0v) is 14.3. The summed E-state index contributed by atoms with van der Waals surface area (Å²) in [4.78, 5) is 18.4. The molecule has 9 nitrogen and oxygen atoms in total. The summed E-state index contributed by atoms with van der Waals surface area (Å²) in [7, 11) is 0. The molecule has 3 heterocycles. The molecule has 1 atom stereocenters. The Kier molecular flexibility index (Phi) is 4.92. The van der Waals surface area contributed by atoms with E-state index in [-0.39, 0.29) is 11.6 Å². The molecule has 3 aromatic heterocycles. The van der Waals surface area contributed by atoms with Gasteiger partial charge in [-0.25, -0.2) is 13.8 Å². The number of nitrogens with one attached hydrogen (secondary N) is 3. The minimum atomic E-state index is -0.902. The van der Waals surface area contributed by atoms with Crippen LogP contribution in [0.4, 0.5) is 31.9 Å².